The van der Waals surface area contributed by atoms with Crippen LogP contribution in [0.1, 0.15) is 41.9 Å². The van der Waals surface area contributed by atoms with Gasteiger partial charge in [-0.15, -0.1) is 11.3 Å². The molecule has 0 bridgehead atoms. The van der Waals surface area contributed by atoms with Crippen molar-refractivity contribution in [3.05, 3.63) is 52.0 Å². The van der Waals surface area contributed by atoms with E-state index >= 15 is 0 Å². The Hall–Kier alpha value is -1.72. The summed E-state index contributed by atoms with van der Waals surface area (Å²) in [6, 6.07) is 10.2. The Balaban J connectivity index is 1.45. The van der Waals surface area contributed by atoms with E-state index in [1.54, 1.807) is 11.3 Å². The van der Waals surface area contributed by atoms with Gasteiger partial charge < -0.3 is 10.4 Å². The van der Waals surface area contributed by atoms with Crippen LogP contribution in [-0.4, -0.2) is 28.6 Å². The minimum atomic E-state index is -0.195. The summed E-state index contributed by atoms with van der Waals surface area (Å²) in [5.41, 5.74) is 2.07. The van der Waals surface area contributed by atoms with Crippen LogP contribution in [0, 0.1) is 5.92 Å². The van der Waals surface area contributed by atoms with Crippen molar-refractivity contribution in [1.29, 1.82) is 0 Å². The van der Waals surface area contributed by atoms with E-state index in [2.05, 4.69) is 22.4 Å². The molecule has 2 aromatic rings. The summed E-state index contributed by atoms with van der Waals surface area (Å²) in [5.74, 6) is 0.424. The average Bonchev–Trinajstić information content (AvgIpc) is 3.01. The summed E-state index contributed by atoms with van der Waals surface area (Å²) < 4.78 is 0. The number of aromatic nitrogens is 1. The highest BCUT2D eigenvalue weighted by Crippen LogP contribution is 2.23. The lowest BCUT2D eigenvalue weighted by molar-refractivity contribution is -0.120. The molecule has 1 aliphatic carbocycles. The second-order valence-corrected chi connectivity index (χ2v) is 7.50. The molecule has 0 saturated heterocycles. The van der Waals surface area contributed by atoms with Gasteiger partial charge >= 0.3 is 0 Å². The third-order valence-electron chi connectivity index (χ3n) is 4.48. The van der Waals surface area contributed by atoms with Gasteiger partial charge in [0.25, 0.3) is 0 Å². The van der Waals surface area contributed by atoms with Gasteiger partial charge in [0.2, 0.25) is 5.91 Å². The number of rotatable bonds is 6. The average molecular weight is 344 g/mol. The van der Waals surface area contributed by atoms with E-state index in [9.17, 15) is 9.90 Å². The Morgan fingerprint density at radius 2 is 2.12 bits per heavy atom. The Morgan fingerprint density at radius 1 is 1.29 bits per heavy atom. The fourth-order valence-electron chi connectivity index (χ4n) is 3.21. The molecule has 1 saturated carbocycles. The van der Waals surface area contributed by atoms with Gasteiger partial charge in [0.05, 0.1) is 23.2 Å². The molecule has 1 amide bonds. The predicted octanol–water partition coefficient (Wildman–Crippen LogP) is 2.94. The summed E-state index contributed by atoms with van der Waals surface area (Å²) in [6.07, 6.45) is 4.80. The van der Waals surface area contributed by atoms with Crippen molar-refractivity contribution in [3.8, 4) is 0 Å². The van der Waals surface area contributed by atoms with Crippen molar-refractivity contribution in [3.63, 3.8) is 0 Å². The van der Waals surface area contributed by atoms with E-state index in [1.165, 1.54) is 5.56 Å². The van der Waals surface area contributed by atoms with Crippen LogP contribution in [0.2, 0.25) is 0 Å². The highest BCUT2D eigenvalue weighted by Gasteiger charge is 2.20. The molecular weight excluding hydrogens is 320 g/mol. The van der Waals surface area contributed by atoms with Gasteiger partial charge in [0.15, 0.2) is 0 Å². The molecule has 4 nitrogen and oxygen atoms in total. The smallest absolute Gasteiger partial charge is 0.226 e. The summed E-state index contributed by atoms with van der Waals surface area (Å²) in [4.78, 5) is 16.7. The number of benzene rings is 1. The van der Waals surface area contributed by atoms with Crippen LogP contribution in [0.25, 0.3) is 0 Å². The fourth-order valence-corrected chi connectivity index (χ4v) is 4.04. The Kier molecular flexibility index (Phi) is 5.99. The molecule has 1 heterocycles. The highest BCUT2D eigenvalue weighted by atomic mass is 32.1. The van der Waals surface area contributed by atoms with Crippen LogP contribution < -0.4 is 5.32 Å². The first-order valence-electron chi connectivity index (χ1n) is 8.61. The van der Waals surface area contributed by atoms with Gasteiger partial charge in [-0.2, -0.15) is 0 Å². The monoisotopic (exact) mass is 344 g/mol. The van der Waals surface area contributed by atoms with Crippen molar-refractivity contribution < 1.29 is 9.90 Å². The molecule has 1 aromatic heterocycles. The minimum Gasteiger partial charge on any atom is -0.393 e. The van der Waals surface area contributed by atoms with E-state index in [0.29, 0.717) is 18.9 Å². The van der Waals surface area contributed by atoms with E-state index in [0.717, 1.165) is 42.8 Å². The zero-order valence-corrected chi connectivity index (χ0v) is 14.6. The summed E-state index contributed by atoms with van der Waals surface area (Å²) in [7, 11) is 0. The first-order valence-corrected chi connectivity index (χ1v) is 9.49. The van der Waals surface area contributed by atoms with Crippen molar-refractivity contribution in [2.45, 2.75) is 44.6 Å². The number of aliphatic hydroxyl groups is 1. The number of aliphatic hydroxyl groups excluding tert-OH is 1. The molecule has 3 rings (SSSR count). The maximum Gasteiger partial charge on any atom is 0.226 e. The maximum absolute atomic E-state index is 12.1. The molecule has 1 aliphatic rings. The molecule has 2 atom stereocenters. The van der Waals surface area contributed by atoms with Crippen LogP contribution in [0.3, 0.4) is 0 Å². The second kappa shape index (κ2) is 8.40. The highest BCUT2D eigenvalue weighted by molar-refractivity contribution is 7.09. The molecule has 1 fully saturated rings. The SMILES string of the molecule is O=C(Cc1csc(Cc2ccccc2)n1)NCC1CCCC(O)C1. The molecule has 0 aliphatic heterocycles. The predicted molar refractivity (Wildman–Crippen MR) is 96.0 cm³/mol. The molecule has 0 radical (unpaired) electrons. The number of amides is 1. The number of hydrogen-bond acceptors (Lipinski definition) is 4. The minimum absolute atomic E-state index is 0.0200. The first kappa shape index (κ1) is 17.1. The molecule has 24 heavy (non-hydrogen) atoms. The molecular formula is C19H24N2O2S. The normalized spacial score (nSPS) is 20.7. The van der Waals surface area contributed by atoms with Crippen LogP contribution in [0.5, 0.6) is 0 Å². The number of thiazole rings is 1. The summed E-state index contributed by atoms with van der Waals surface area (Å²) >= 11 is 1.61. The van der Waals surface area contributed by atoms with Crippen LogP contribution >= 0.6 is 11.3 Å². The lowest BCUT2D eigenvalue weighted by atomic mass is 9.87. The number of hydrogen-bond donors (Lipinski definition) is 2. The number of nitrogens with zero attached hydrogens (tertiary/aromatic N) is 1. The Labute approximate surface area is 146 Å². The van der Waals surface area contributed by atoms with E-state index in [-0.39, 0.29) is 12.0 Å². The van der Waals surface area contributed by atoms with Crippen LogP contribution in [-0.2, 0) is 17.6 Å². The van der Waals surface area contributed by atoms with Crippen LogP contribution in [0.4, 0.5) is 0 Å². The molecule has 2 N–H and O–H groups in total. The first-order chi connectivity index (χ1) is 11.7. The zero-order chi connectivity index (χ0) is 16.8. The standard InChI is InChI=1S/C19H24N2O2S/c22-17-8-4-7-15(9-17)12-20-18(23)11-16-13-24-19(21-16)10-14-5-2-1-3-6-14/h1-3,5-6,13,15,17,22H,4,7-12H2,(H,20,23). The third kappa shape index (κ3) is 5.14. The third-order valence-corrected chi connectivity index (χ3v) is 5.38. The molecule has 2 unspecified atom stereocenters. The molecule has 0 spiro atoms. The molecule has 5 heteroatoms. The van der Waals surface area contributed by atoms with Crippen molar-refractivity contribution in [1.82, 2.24) is 10.3 Å². The van der Waals surface area contributed by atoms with E-state index < -0.39 is 0 Å². The van der Waals surface area contributed by atoms with E-state index in [4.69, 9.17) is 0 Å². The van der Waals surface area contributed by atoms with Gasteiger partial charge in [-0.1, -0.05) is 36.8 Å². The lowest BCUT2D eigenvalue weighted by Crippen LogP contribution is -2.33. The zero-order valence-electron chi connectivity index (χ0n) is 13.8. The number of carbonyl (C=O) groups excluding carboxylic acids is 1. The van der Waals surface area contributed by atoms with Gasteiger partial charge in [0, 0.05) is 18.3 Å². The topological polar surface area (TPSA) is 62.2 Å². The molecule has 128 valence electrons. The van der Waals surface area contributed by atoms with Gasteiger partial charge in [-0.25, -0.2) is 4.98 Å². The van der Waals surface area contributed by atoms with Gasteiger partial charge in [-0.05, 0) is 30.7 Å². The fraction of sp³-hybridized carbons (Fsp3) is 0.474. The Bertz CT molecular complexity index is 656. The largest absolute Gasteiger partial charge is 0.393 e. The van der Waals surface area contributed by atoms with Crippen LogP contribution in [0.15, 0.2) is 35.7 Å². The second-order valence-electron chi connectivity index (χ2n) is 6.56. The quantitative estimate of drug-likeness (QED) is 0.847. The summed E-state index contributed by atoms with van der Waals surface area (Å²) in [6.45, 7) is 0.664. The lowest BCUT2D eigenvalue weighted by Gasteiger charge is -2.25. The number of carbonyl (C=O) groups is 1. The maximum atomic E-state index is 12.1. The Morgan fingerprint density at radius 3 is 2.92 bits per heavy atom. The number of nitrogens with one attached hydrogen (secondary N) is 1. The molecule has 1 aromatic carbocycles. The van der Waals surface area contributed by atoms with Crippen molar-refractivity contribution in [2.75, 3.05) is 6.54 Å². The van der Waals surface area contributed by atoms with Crippen molar-refractivity contribution in [2.24, 2.45) is 5.92 Å². The van der Waals surface area contributed by atoms with Gasteiger partial charge in [0.1, 0.15) is 0 Å². The van der Waals surface area contributed by atoms with Gasteiger partial charge in [-0.3, -0.25) is 4.79 Å². The van der Waals surface area contributed by atoms with Crippen molar-refractivity contribution >= 4 is 17.2 Å². The summed E-state index contributed by atoms with van der Waals surface area (Å²) in [5, 5.41) is 15.7. The van der Waals surface area contributed by atoms with E-state index in [1.807, 2.05) is 23.6 Å².